The van der Waals surface area contributed by atoms with Crippen LogP contribution in [-0.2, 0) is 7.87 Å². The van der Waals surface area contributed by atoms with Crippen molar-refractivity contribution in [3.63, 3.8) is 0 Å². The molecule has 0 aliphatic rings. The average molecular weight is 491 g/mol. The van der Waals surface area contributed by atoms with Gasteiger partial charge in [0.15, 0.2) is 0 Å². The summed E-state index contributed by atoms with van der Waals surface area (Å²) in [6.07, 6.45) is 17.1. The van der Waals surface area contributed by atoms with Crippen LogP contribution in [0.25, 0.3) is 0 Å². The Bertz CT molecular complexity index is 287. The number of carboxylic acid groups (broad SMARTS) is 1. The molecule has 0 fully saturated rings. The summed E-state index contributed by atoms with van der Waals surface area (Å²) < 4.78 is 8.93. The predicted octanol–water partition coefficient (Wildman–Crippen LogP) is 6.66. The quantitative estimate of drug-likeness (QED) is 0.159. The van der Waals surface area contributed by atoms with Crippen molar-refractivity contribution in [3.05, 3.63) is 0 Å². The van der Waals surface area contributed by atoms with E-state index in [2.05, 4.69) is 34.6 Å². The zero-order chi connectivity index (χ0) is 20.8. The third-order valence-corrected chi connectivity index (χ3v) is 12.0. The van der Waals surface area contributed by atoms with Gasteiger partial charge in [0.25, 0.3) is 0 Å². The van der Waals surface area contributed by atoms with Gasteiger partial charge in [0, 0.05) is 5.97 Å². The van der Waals surface area contributed by atoms with Crippen molar-refractivity contribution in [1.82, 2.24) is 0 Å². The molecule has 0 rings (SSSR count). The van der Waals surface area contributed by atoms with E-state index >= 15 is 0 Å². The van der Waals surface area contributed by atoms with Crippen molar-refractivity contribution in [2.45, 2.75) is 139 Å². The first-order valence-corrected chi connectivity index (χ1v) is 16.9. The summed E-state index contributed by atoms with van der Waals surface area (Å²) >= 11 is -1.38. The van der Waals surface area contributed by atoms with Crippen LogP contribution in [0.5, 0.6) is 0 Å². The normalized spacial score (nSPS) is 10.6. The topological polar surface area (TPSA) is 49.4 Å². The monoisotopic (exact) mass is 492 g/mol. The van der Waals surface area contributed by atoms with Gasteiger partial charge >= 0.3 is 91.6 Å². The van der Waals surface area contributed by atoms with E-state index in [1.807, 2.05) is 0 Å². The summed E-state index contributed by atoms with van der Waals surface area (Å²) in [5.41, 5.74) is 0. The molecule has 0 aromatic heterocycles. The molecule has 0 aromatic carbocycles. The molecular formula is C23H48O3Sn. The summed E-state index contributed by atoms with van der Waals surface area (Å²) in [5, 5.41) is 10.1. The number of carboxylic acids is 1. The van der Waals surface area contributed by atoms with E-state index in [0.29, 0.717) is 6.10 Å². The van der Waals surface area contributed by atoms with Crippen LogP contribution in [0, 0.1) is 0 Å². The maximum atomic E-state index is 10.1. The van der Waals surface area contributed by atoms with E-state index in [1.165, 1.54) is 79.5 Å². The second-order valence-corrected chi connectivity index (χ2v) is 14.5. The van der Waals surface area contributed by atoms with Gasteiger partial charge < -0.3 is 9.90 Å². The van der Waals surface area contributed by atoms with Crippen molar-refractivity contribution < 1.29 is 13.0 Å². The molecule has 0 aliphatic carbocycles. The molecule has 0 radical (unpaired) electrons. The molecule has 0 saturated carbocycles. The second kappa shape index (κ2) is 24.3. The zero-order valence-corrected chi connectivity index (χ0v) is 22.0. The molecule has 0 bridgehead atoms. The van der Waals surface area contributed by atoms with E-state index in [-0.39, 0.29) is 6.42 Å². The van der Waals surface area contributed by atoms with E-state index in [0.717, 1.165) is 12.8 Å². The van der Waals surface area contributed by atoms with Crippen molar-refractivity contribution >= 4 is 26.1 Å². The van der Waals surface area contributed by atoms with Crippen LogP contribution < -0.4 is 5.11 Å². The zero-order valence-electron chi connectivity index (χ0n) is 19.1. The van der Waals surface area contributed by atoms with Crippen LogP contribution in [0.1, 0.15) is 125 Å². The van der Waals surface area contributed by atoms with E-state index < -0.39 is 26.1 Å². The SMILES string of the molecule is CCCCCCCCCCCC(=O)[O-].CCC[CH2][Sn+]([CH2]CCC)[O]C(C)C. The Kier molecular flexibility index (Phi) is 26.5. The number of aliphatic carboxylic acids is 1. The summed E-state index contributed by atoms with van der Waals surface area (Å²) in [4.78, 5) is 10.1. The fourth-order valence-electron chi connectivity index (χ4n) is 2.90. The Morgan fingerprint density at radius 1 is 0.741 bits per heavy atom. The number of hydrogen-bond donors (Lipinski definition) is 0. The van der Waals surface area contributed by atoms with Crippen LogP contribution >= 0.6 is 0 Å². The molecule has 4 heteroatoms. The molecule has 0 unspecified atom stereocenters. The van der Waals surface area contributed by atoms with Gasteiger partial charge in [-0.15, -0.1) is 0 Å². The van der Waals surface area contributed by atoms with Crippen molar-refractivity contribution in [3.8, 4) is 0 Å². The molecule has 3 nitrogen and oxygen atoms in total. The number of rotatable bonds is 18. The fraction of sp³-hybridized carbons (Fsp3) is 0.957. The summed E-state index contributed by atoms with van der Waals surface area (Å²) in [6.45, 7) is 11.1. The van der Waals surface area contributed by atoms with E-state index in [9.17, 15) is 9.90 Å². The van der Waals surface area contributed by atoms with E-state index in [4.69, 9.17) is 3.07 Å². The standard InChI is InChI=1S/C12H24O2.2C4H9.C3H7O.Sn/c1-2-3-4-5-6-7-8-9-10-11-12(13)14;2*1-3-4-2;1-3(2)4;/h2-11H2,1H3,(H,13,14);2*1,3-4H2,2H3;3H,1-2H3;/q;;;-1;+2/p-1. The molecule has 0 amide bonds. The van der Waals surface area contributed by atoms with Gasteiger partial charge in [-0.25, -0.2) is 0 Å². The number of unbranched alkanes of at least 4 members (excludes halogenated alkanes) is 10. The first-order valence-electron chi connectivity index (χ1n) is 11.7. The summed E-state index contributed by atoms with van der Waals surface area (Å²) in [7, 11) is 0. The van der Waals surface area contributed by atoms with Crippen LogP contribution in [0.3, 0.4) is 0 Å². The molecule has 0 heterocycles. The molecule has 27 heavy (non-hydrogen) atoms. The molecule has 0 N–H and O–H groups in total. The maximum absolute atomic E-state index is 10.1. The average Bonchev–Trinajstić information content (AvgIpc) is 2.62. The van der Waals surface area contributed by atoms with Gasteiger partial charge in [0.1, 0.15) is 0 Å². The Balaban J connectivity index is 0. The Morgan fingerprint density at radius 2 is 1.15 bits per heavy atom. The van der Waals surface area contributed by atoms with Crippen LogP contribution in [0.4, 0.5) is 0 Å². The van der Waals surface area contributed by atoms with Gasteiger partial charge in [-0.2, -0.15) is 0 Å². The Labute approximate surface area is 178 Å². The first-order chi connectivity index (χ1) is 13.0. The number of carbonyl (C=O) groups is 1. The molecular weight excluding hydrogens is 443 g/mol. The minimum absolute atomic E-state index is 0.232. The molecule has 162 valence electrons. The molecule has 0 atom stereocenters. The van der Waals surface area contributed by atoms with Gasteiger partial charge in [-0.3, -0.25) is 0 Å². The summed E-state index contributed by atoms with van der Waals surface area (Å²) in [5.74, 6) is -0.909. The third-order valence-electron chi connectivity index (χ3n) is 4.51. The summed E-state index contributed by atoms with van der Waals surface area (Å²) in [6, 6.07) is 0. The third kappa shape index (κ3) is 28.5. The molecule has 0 spiro atoms. The first kappa shape index (κ1) is 29.4. The number of hydrogen-bond acceptors (Lipinski definition) is 3. The Morgan fingerprint density at radius 3 is 1.52 bits per heavy atom. The molecule has 0 aliphatic heterocycles. The number of carbonyl (C=O) groups excluding carboxylic acids is 1. The fourth-order valence-corrected chi connectivity index (χ4v) is 10.5. The van der Waals surface area contributed by atoms with Gasteiger partial charge in [-0.1, -0.05) is 58.3 Å². The van der Waals surface area contributed by atoms with Crippen molar-refractivity contribution in [1.29, 1.82) is 0 Å². The molecule has 0 aromatic rings. The van der Waals surface area contributed by atoms with Gasteiger partial charge in [0.05, 0.1) is 0 Å². The minimum atomic E-state index is -1.38. The van der Waals surface area contributed by atoms with Gasteiger partial charge in [0.2, 0.25) is 0 Å². The second-order valence-electron chi connectivity index (χ2n) is 7.86. The van der Waals surface area contributed by atoms with Crippen LogP contribution in [0.15, 0.2) is 0 Å². The van der Waals surface area contributed by atoms with Gasteiger partial charge in [-0.05, 0) is 12.8 Å². The Hall–Kier alpha value is 0.229. The molecule has 0 saturated heterocycles. The van der Waals surface area contributed by atoms with E-state index in [1.54, 1.807) is 0 Å². The van der Waals surface area contributed by atoms with Crippen molar-refractivity contribution in [2.75, 3.05) is 0 Å². The predicted molar refractivity (Wildman–Crippen MR) is 118 cm³/mol. The van der Waals surface area contributed by atoms with Crippen LogP contribution in [0.2, 0.25) is 8.87 Å². The van der Waals surface area contributed by atoms with Crippen LogP contribution in [-0.4, -0.2) is 32.2 Å². The van der Waals surface area contributed by atoms with Crippen molar-refractivity contribution in [2.24, 2.45) is 0 Å².